The molecule has 4 rings (SSSR count). The molecular formula is C27H22O4. The van der Waals surface area contributed by atoms with Crippen molar-refractivity contribution in [3.63, 3.8) is 0 Å². The lowest BCUT2D eigenvalue weighted by Gasteiger charge is -2.19. The molecule has 0 aliphatic carbocycles. The van der Waals surface area contributed by atoms with Crippen LogP contribution in [-0.4, -0.2) is 18.5 Å². The Labute approximate surface area is 181 Å². The molecule has 0 fully saturated rings. The molecule has 4 heteroatoms. The first-order chi connectivity index (χ1) is 15.2. The van der Waals surface area contributed by atoms with E-state index in [2.05, 4.69) is 0 Å². The van der Waals surface area contributed by atoms with Crippen LogP contribution in [0.2, 0.25) is 0 Å². The van der Waals surface area contributed by atoms with Crippen LogP contribution >= 0.6 is 0 Å². The van der Waals surface area contributed by atoms with Crippen LogP contribution in [0.1, 0.15) is 38.8 Å². The lowest BCUT2D eigenvalue weighted by Crippen LogP contribution is -2.15. The standard InChI is InChI=1S/C27H22O4/c28-26(21-10-3-1-4-11-21)30-18-17-25(31-27(29)22-12-5-2-6-13-22)24-16-15-20-9-7-8-14-23(20)19-24/h1-16,19,25H,17-18H2. The van der Waals surface area contributed by atoms with Gasteiger partial charge >= 0.3 is 11.9 Å². The van der Waals surface area contributed by atoms with Crippen LogP contribution in [0.25, 0.3) is 10.8 Å². The van der Waals surface area contributed by atoms with E-state index in [-0.39, 0.29) is 6.61 Å². The van der Waals surface area contributed by atoms with Crippen molar-refractivity contribution in [2.45, 2.75) is 12.5 Å². The average Bonchev–Trinajstić information content (AvgIpc) is 2.84. The van der Waals surface area contributed by atoms with Crippen molar-refractivity contribution in [3.05, 3.63) is 120 Å². The molecule has 0 heterocycles. The monoisotopic (exact) mass is 410 g/mol. The molecule has 1 atom stereocenters. The maximum atomic E-state index is 12.7. The lowest BCUT2D eigenvalue weighted by atomic mass is 10.0. The Morgan fingerprint density at radius 3 is 1.90 bits per heavy atom. The van der Waals surface area contributed by atoms with Gasteiger partial charge in [-0.25, -0.2) is 9.59 Å². The highest BCUT2D eigenvalue weighted by Crippen LogP contribution is 2.27. The van der Waals surface area contributed by atoms with Gasteiger partial charge in [0.05, 0.1) is 17.7 Å². The fraction of sp³-hybridized carbons (Fsp3) is 0.111. The smallest absolute Gasteiger partial charge is 0.338 e. The maximum Gasteiger partial charge on any atom is 0.338 e. The summed E-state index contributed by atoms with van der Waals surface area (Å²) in [7, 11) is 0. The summed E-state index contributed by atoms with van der Waals surface area (Å²) in [5.74, 6) is -0.805. The largest absolute Gasteiger partial charge is 0.462 e. The summed E-state index contributed by atoms with van der Waals surface area (Å²) in [5.41, 5.74) is 1.83. The second kappa shape index (κ2) is 9.72. The summed E-state index contributed by atoms with van der Waals surface area (Å²) in [5, 5.41) is 2.16. The predicted molar refractivity (Wildman–Crippen MR) is 120 cm³/mol. The Kier molecular flexibility index (Phi) is 6.38. The summed E-state index contributed by atoms with van der Waals surface area (Å²) in [6.45, 7) is 0.132. The highest BCUT2D eigenvalue weighted by molar-refractivity contribution is 5.90. The van der Waals surface area contributed by atoms with E-state index in [0.717, 1.165) is 16.3 Å². The van der Waals surface area contributed by atoms with Crippen molar-refractivity contribution in [1.29, 1.82) is 0 Å². The van der Waals surface area contributed by atoms with E-state index in [1.807, 2.05) is 54.6 Å². The molecule has 154 valence electrons. The Morgan fingerprint density at radius 1 is 0.645 bits per heavy atom. The molecule has 0 amide bonds. The minimum Gasteiger partial charge on any atom is -0.462 e. The molecule has 0 radical (unpaired) electrons. The molecule has 4 aromatic rings. The number of ether oxygens (including phenoxy) is 2. The zero-order chi connectivity index (χ0) is 21.5. The number of benzene rings is 4. The zero-order valence-electron chi connectivity index (χ0n) is 16.9. The second-order valence-electron chi connectivity index (χ2n) is 7.16. The van der Waals surface area contributed by atoms with Crippen molar-refractivity contribution in [3.8, 4) is 0 Å². The maximum absolute atomic E-state index is 12.7. The number of hydrogen-bond donors (Lipinski definition) is 0. The number of hydrogen-bond acceptors (Lipinski definition) is 4. The number of fused-ring (bicyclic) bond motifs is 1. The van der Waals surface area contributed by atoms with Gasteiger partial charge in [-0.15, -0.1) is 0 Å². The topological polar surface area (TPSA) is 52.6 Å². The highest BCUT2D eigenvalue weighted by atomic mass is 16.6. The van der Waals surface area contributed by atoms with Crippen LogP contribution in [0.15, 0.2) is 103 Å². The quantitative estimate of drug-likeness (QED) is 0.352. The summed E-state index contributed by atoms with van der Waals surface area (Å²) in [4.78, 5) is 24.9. The van der Waals surface area contributed by atoms with Gasteiger partial charge in [-0.1, -0.05) is 72.8 Å². The van der Waals surface area contributed by atoms with E-state index in [1.165, 1.54) is 0 Å². The summed E-state index contributed by atoms with van der Waals surface area (Å²) < 4.78 is 11.3. The van der Waals surface area contributed by atoms with Crippen molar-refractivity contribution < 1.29 is 19.1 Å². The Morgan fingerprint density at radius 2 is 1.23 bits per heavy atom. The minimum absolute atomic E-state index is 0.132. The Hall–Kier alpha value is -3.92. The molecule has 0 aromatic heterocycles. The van der Waals surface area contributed by atoms with Gasteiger partial charge in [-0.2, -0.15) is 0 Å². The SMILES string of the molecule is O=C(OCCC(OC(=O)c1ccccc1)c1ccc2ccccc2c1)c1ccccc1. The highest BCUT2D eigenvalue weighted by Gasteiger charge is 2.19. The van der Waals surface area contributed by atoms with Crippen LogP contribution in [0, 0.1) is 0 Å². The first-order valence-corrected chi connectivity index (χ1v) is 10.2. The van der Waals surface area contributed by atoms with Gasteiger partial charge in [0, 0.05) is 6.42 Å². The van der Waals surface area contributed by atoms with Gasteiger partial charge in [-0.05, 0) is 46.7 Å². The second-order valence-corrected chi connectivity index (χ2v) is 7.16. The number of esters is 2. The van der Waals surface area contributed by atoms with E-state index in [1.54, 1.807) is 48.5 Å². The van der Waals surface area contributed by atoms with Crippen LogP contribution in [0.4, 0.5) is 0 Å². The van der Waals surface area contributed by atoms with Crippen LogP contribution in [0.5, 0.6) is 0 Å². The van der Waals surface area contributed by atoms with E-state index in [0.29, 0.717) is 17.5 Å². The number of carbonyl (C=O) groups excluding carboxylic acids is 2. The first-order valence-electron chi connectivity index (χ1n) is 10.2. The fourth-order valence-electron chi connectivity index (χ4n) is 3.39. The molecule has 0 saturated heterocycles. The van der Waals surface area contributed by atoms with Crippen LogP contribution in [0.3, 0.4) is 0 Å². The molecule has 0 aliphatic rings. The molecule has 31 heavy (non-hydrogen) atoms. The van der Waals surface area contributed by atoms with Gasteiger partial charge in [-0.3, -0.25) is 0 Å². The third-order valence-electron chi connectivity index (χ3n) is 5.03. The van der Waals surface area contributed by atoms with Crippen LogP contribution in [-0.2, 0) is 9.47 Å². The average molecular weight is 410 g/mol. The van der Waals surface area contributed by atoms with E-state index < -0.39 is 18.0 Å². The number of rotatable bonds is 7. The Bertz CT molecular complexity index is 1170. The van der Waals surface area contributed by atoms with Gasteiger partial charge in [0.1, 0.15) is 6.10 Å². The van der Waals surface area contributed by atoms with Crippen molar-refractivity contribution >= 4 is 22.7 Å². The van der Waals surface area contributed by atoms with Crippen molar-refractivity contribution in [2.75, 3.05) is 6.61 Å². The molecule has 0 aliphatic heterocycles. The molecule has 1 unspecified atom stereocenters. The number of carbonyl (C=O) groups is 2. The molecule has 4 nitrogen and oxygen atoms in total. The normalized spacial score (nSPS) is 11.6. The minimum atomic E-state index is -0.541. The first kappa shape index (κ1) is 20.4. The van der Waals surface area contributed by atoms with E-state index >= 15 is 0 Å². The van der Waals surface area contributed by atoms with Crippen molar-refractivity contribution in [2.24, 2.45) is 0 Å². The third-order valence-corrected chi connectivity index (χ3v) is 5.03. The van der Waals surface area contributed by atoms with E-state index in [9.17, 15) is 9.59 Å². The van der Waals surface area contributed by atoms with Crippen molar-refractivity contribution in [1.82, 2.24) is 0 Å². The summed E-state index contributed by atoms with van der Waals surface area (Å²) in [6.07, 6.45) is -0.184. The third kappa shape index (κ3) is 5.17. The predicted octanol–water partition coefficient (Wildman–Crippen LogP) is 5.99. The van der Waals surface area contributed by atoms with Gasteiger partial charge in [0.2, 0.25) is 0 Å². The molecule has 4 aromatic carbocycles. The Balaban J connectivity index is 1.51. The summed E-state index contributed by atoms with van der Waals surface area (Å²) >= 11 is 0. The fourth-order valence-corrected chi connectivity index (χ4v) is 3.39. The van der Waals surface area contributed by atoms with E-state index in [4.69, 9.17) is 9.47 Å². The molecule has 0 N–H and O–H groups in total. The molecular weight excluding hydrogens is 388 g/mol. The van der Waals surface area contributed by atoms with Crippen LogP contribution < -0.4 is 0 Å². The molecule has 0 bridgehead atoms. The molecule has 0 saturated carbocycles. The zero-order valence-corrected chi connectivity index (χ0v) is 16.9. The molecule has 0 spiro atoms. The summed E-state index contributed by atoms with van der Waals surface area (Å²) in [6, 6.07) is 31.7. The van der Waals surface area contributed by atoms with Gasteiger partial charge in [0.15, 0.2) is 0 Å². The van der Waals surface area contributed by atoms with Gasteiger partial charge in [0.25, 0.3) is 0 Å². The van der Waals surface area contributed by atoms with Gasteiger partial charge < -0.3 is 9.47 Å². The lowest BCUT2D eigenvalue weighted by molar-refractivity contribution is 0.0179.